The number of nitrogens with zero attached hydrogens (tertiary/aromatic N) is 6. The van der Waals surface area contributed by atoms with Gasteiger partial charge in [-0.05, 0) is 30.7 Å². The number of rotatable bonds is 8. The van der Waals surface area contributed by atoms with Crippen LogP contribution in [-0.2, 0) is 25.7 Å². The van der Waals surface area contributed by atoms with Crippen LogP contribution in [0.1, 0.15) is 27.2 Å². The predicted octanol–water partition coefficient (Wildman–Crippen LogP) is -2.03. The number of nitrogens with one attached hydrogen (secondary N) is 2. The standard InChI is InChI=1S/C22H31N9O5S/c1-10-16-15(11(2)26-14(32)6-30-9-25-27-28-30)20(34)31(16)17(21(35)36)18(10)37-12-4-13(24-5-12)19(33)29-7-22(3,23)8-29/h9-13,15-16,24H,4-8,23H2,1-3H3,(H,26,32)(H,35,36)/t10-,11?,12+,13+,15-,16-/m1/s1. The maximum absolute atomic E-state index is 13.1. The number of aliphatic carboxylic acids is 1. The molecule has 3 amide bonds. The second-order valence-electron chi connectivity index (χ2n) is 10.7. The summed E-state index contributed by atoms with van der Waals surface area (Å²) in [5, 5.41) is 26.7. The van der Waals surface area contributed by atoms with Gasteiger partial charge in [0.2, 0.25) is 17.7 Å². The maximum atomic E-state index is 13.1. The molecule has 0 spiro atoms. The summed E-state index contributed by atoms with van der Waals surface area (Å²) in [5.41, 5.74) is 5.69. The lowest BCUT2D eigenvalue weighted by Crippen LogP contribution is -2.68. The first-order valence-corrected chi connectivity index (χ1v) is 13.1. The van der Waals surface area contributed by atoms with Crippen LogP contribution in [0.25, 0.3) is 0 Å². The largest absolute Gasteiger partial charge is 0.477 e. The van der Waals surface area contributed by atoms with Gasteiger partial charge in [0.05, 0.1) is 18.0 Å². The summed E-state index contributed by atoms with van der Waals surface area (Å²) < 4.78 is 1.28. The number of hydrogen-bond acceptors (Lipinski definition) is 10. The van der Waals surface area contributed by atoms with E-state index >= 15 is 0 Å². The number of carboxylic acids is 1. The predicted molar refractivity (Wildman–Crippen MR) is 130 cm³/mol. The Morgan fingerprint density at radius 1 is 1.38 bits per heavy atom. The van der Waals surface area contributed by atoms with Crippen molar-refractivity contribution in [3.8, 4) is 0 Å². The molecular weight excluding hydrogens is 502 g/mol. The molecule has 14 nitrogen and oxygen atoms in total. The number of aromatic nitrogens is 4. The third kappa shape index (κ3) is 4.59. The molecule has 5 N–H and O–H groups in total. The summed E-state index contributed by atoms with van der Waals surface area (Å²) in [7, 11) is 0. The van der Waals surface area contributed by atoms with Gasteiger partial charge in [-0.1, -0.05) is 6.92 Å². The van der Waals surface area contributed by atoms with Gasteiger partial charge in [-0.3, -0.25) is 14.4 Å². The molecule has 6 atom stereocenters. The van der Waals surface area contributed by atoms with E-state index in [1.54, 1.807) is 11.8 Å². The van der Waals surface area contributed by atoms with Crippen LogP contribution in [0.5, 0.6) is 0 Å². The number of amides is 3. The number of carbonyl (C=O) groups is 4. The molecule has 1 unspecified atom stereocenters. The number of likely N-dealkylation sites (tertiary alicyclic amines) is 1. The molecule has 15 heteroatoms. The molecule has 5 rings (SSSR count). The van der Waals surface area contributed by atoms with E-state index in [-0.39, 0.29) is 58.8 Å². The van der Waals surface area contributed by atoms with Crippen molar-refractivity contribution in [3.05, 3.63) is 16.9 Å². The normalized spacial score (nSPS) is 31.0. The second-order valence-corrected chi connectivity index (χ2v) is 12.0. The number of carboxylic acid groups (broad SMARTS) is 1. The fraction of sp³-hybridized carbons (Fsp3) is 0.682. The molecule has 37 heavy (non-hydrogen) atoms. The summed E-state index contributed by atoms with van der Waals surface area (Å²) in [6.07, 6.45) is 1.89. The van der Waals surface area contributed by atoms with Gasteiger partial charge < -0.3 is 31.3 Å². The summed E-state index contributed by atoms with van der Waals surface area (Å²) in [4.78, 5) is 54.2. The average molecular weight is 534 g/mol. The van der Waals surface area contributed by atoms with Crippen LogP contribution in [0, 0.1) is 11.8 Å². The minimum atomic E-state index is -1.15. The Morgan fingerprint density at radius 3 is 2.73 bits per heavy atom. The number of carbonyl (C=O) groups excluding carboxylic acids is 3. The van der Waals surface area contributed by atoms with Gasteiger partial charge in [-0.25, -0.2) is 9.48 Å². The van der Waals surface area contributed by atoms with Crippen molar-refractivity contribution in [1.82, 2.24) is 40.6 Å². The molecule has 0 aliphatic carbocycles. The summed E-state index contributed by atoms with van der Waals surface area (Å²) in [5.74, 6) is -2.57. The van der Waals surface area contributed by atoms with E-state index in [1.165, 1.54) is 27.7 Å². The van der Waals surface area contributed by atoms with Gasteiger partial charge in [0.25, 0.3) is 0 Å². The Bertz CT molecular complexity index is 1150. The molecule has 3 fully saturated rings. The average Bonchev–Trinajstić information content (AvgIpc) is 3.52. The summed E-state index contributed by atoms with van der Waals surface area (Å²) >= 11 is 1.43. The highest BCUT2D eigenvalue weighted by Crippen LogP contribution is 2.51. The Hall–Kier alpha value is -3.04. The fourth-order valence-electron chi connectivity index (χ4n) is 5.85. The molecular formula is C22H31N9O5S. The van der Waals surface area contributed by atoms with Gasteiger partial charge >= 0.3 is 5.97 Å². The molecule has 1 aromatic heterocycles. The zero-order valence-corrected chi connectivity index (χ0v) is 21.6. The molecule has 1 aromatic rings. The smallest absolute Gasteiger partial charge is 0.353 e. The zero-order chi connectivity index (χ0) is 26.6. The van der Waals surface area contributed by atoms with Gasteiger partial charge in [-0.2, -0.15) is 0 Å². The molecule has 4 aliphatic rings. The SMILES string of the molecule is CC(NC(=O)Cn1cnnn1)[C@H]1C(=O)N2C(C(=O)O)=C(S[C@@H]3CN[C@H](C(=O)N4CC(C)(N)C4)C3)[C@H](C)[C@H]12. The maximum Gasteiger partial charge on any atom is 0.353 e. The number of fused-ring (bicyclic) bond motifs is 1. The Morgan fingerprint density at radius 2 is 2.11 bits per heavy atom. The third-order valence-corrected chi connectivity index (χ3v) is 9.03. The van der Waals surface area contributed by atoms with Crippen molar-refractivity contribution in [2.75, 3.05) is 19.6 Å². The van der Waals surface area contributed by atoms with Crippen molar-refractivity contribution < 1.29 is 24.3 Å². The van der Waals surface area contributed by atoms with Crippen molar-refractivity contribution in [3.63, 3.8) is 0 Å². The second kappa shape index (κ2) is 9.36. The first-order chi connectivity index (χ1) is 17.5. The number of hydrogen-bond donors (Lipinski definition) is 4. The Labute approximate surface area is 217 Å². The van der Waals surface area contributed by atoms with E-state index in [1.807, 2.05) is 13.8 Å². The molecule has 0 radical (unpaired) electrons. The molecule has 4 aliphatic heterocycles. The van der Waals surface area contributed by atoms with E-state index in [0.717, 1.165) is 0 Å². The Balaban J connectivity index is 1.23. The van der Waals surface area contributed by atoms with Crippen LogP contribution in [0.2, 0.25) is 0 Å². The van der Waals surface area contributed by atoms with E-state index in [2.05, 4.69) is 26.2 Å². The molecule has 0 bridgehead atoms. The van der Waals surface area contributed by atoms with Crippen molar-refractivity contribution in [1.29, 1.82) is 0 Å². The van der Waals surface area contributed by atoms with Gasteiger partial charge in [-0.15, -0.1) is 16.9 Å². The topological polar surface area (TPSA) is 189 Å². The van der Waals surface area contributed by atoms with Gasteiger partial charge in [0, 0.05) is 47.3 Å². The molecule has 3 saturated heterocycles. The van der Waals surface area contributed by atoms with E-state index in [9.17, 15) is 24.3 Å². The van der Waals surface area contributed by atoms with Gasteiger partial charge in [0.15, 0.2) is 0 Å². The lowest BCUT2D eigenvalue weighted by atomic mass is 9.78. The first kappa shape index (κ1) is 25.6. The Kier molecular flexibility index (Phi) is 6.48. The van der Waals surface area contributed by atoms with Crippen molar-refractivity contribution in [2.45, 2.75) is 62.7 Å². The van der Waals surface area contributed by atoms with Gasteiger partial charge in [0.1, 0.15) is 18.6 Å². The van der Waals surface area contributed by atoms with Crippen LogP contribution < -0.4 is 16.4 Å². The van der Waals surface area contributed by atoms with E-state index in [4.69, 9.17) is 5.73 Å². The minimum Gasteiger partial charge on any atom is -0.477 e. The summed E-state index contributed by atoms with van der Waals surface area (Å²) in [6.45, 7) is 7.10. The third-order valence-electron chi connectivity index (χ3n) is 7.51. The fourth-order valence-corrected chi connectivity index (χ4v) is 7.33. The monoisotopic (exact) mass is 533 g/mol. The highest BCUT2D eigenvalue weighted by atomic mass is 32.2. The van der Waals surface area contributed by atoms with Crippen LogP contribution >= 0.6 is 11.8 Å². The molecule has 200 valence electrons. The van der Waals surface area contributed by atoms with Crippen LogP contribution in [0.4, 0.5) is 0 Å². The number of nitrogens with two attached hydrogens (primary N) is 1. The van der Waals surface area contributed by atoms with Crippen LogP contribution in [0.15, 0.2) is 16.9 Å². The molecule has 0 aromatic carbocycles. The quantitative estimate of drug-likeness (QED) is 0.270. The van der Waals surface area contributed by atoms with E-state index in [0.29, 0.717) is 31.0 Å². The van der Waals surface area contributed by atoms with Crippen LogP contribution in [0.3, 0.4) is 0 Å². The number of thioether (sulfide) groups is 1. The highest BCUT2D eigenvalue weighted by molar-refractivity contribution is 8.03. The summed E-state index contributed by atoms with van der Waals surface area (Å²) in [6, 6.07) is -1.19. The lowest BCUT2D eigenvalue weighted by molar-refractivity contribution is -0.158. The van der Waals surface area contributed by atoms with E-state index < -0.39 is 17.9 Å². The lowest BCUT2D eigenvalue weighted by Gasteiger charge is -2.47. The number of β-lactam (4-membered cyclic amide) rings is 1. The first-order valence-electron chi connectivity index (χ1n) is 12.2. The molecule has 0 saturated carbocycles. The van der Waals surface area contributed by atoms with Crippen molar-refractivity contribution >= 4 is 35.5 Å². The van der Waals surface area contributed by atoms with Crippen LogP contribution in [-0.4, -0.2) is 107 Å². The highest BCUT2D eigenvalue weighted by Gasteiger charge is 2.60. The van der Waals surface area contributed by atoms with Crippen molar-refractivity contribution in [2.24, 2.45) is 17.6 Å². The zero-order valence-electron chi connectivity index (χ0n) is 20.8. The minimum absolute atomic E-state index is 0.00684. The number of tetrazole rings is 1. The molecule has 5 heterocycles.